The Balaban J connectivity index is 3.19. The van der Waals surface area contributed by atoms with Gasteiger partial charge in [-0.1, -0.05) is 12.1 Å². The minimum Gasteiger partial charge on any atom is -0.376 e. The number of nitrogens with two attached hydrogens (primary N) is 1. The highest BCUT2D eigenvalue weighted by molar-refractivity contribution is 7.90. The van der Waals surface area contributed by atoms with Crippen LogP contribution in [0.25, 0.3) is 0 Å². The van der Waals surface area contributed by atoms with Crippen molar-refractivity contribution in [2.24, 2.45) is 5.73 Å². The van der Waals surface area contributed by atoms with E-state index in [0.717, 1.165) is 6.26 Å². The molecule has 1 unspecified atom stereocenters. The van der Waals surface area contributed by atoms with Crippen LogP contribution in [0.5, 0.6) is 0 Å². The molecular weight excluding hydrogens is 230 g/mol. The fourth-order valence-electron chi connectivity index (χ4n) is 1.17. The predicted octanol–water partition coefficient (Wildman–Crippen LogP) is -0.217. The fraction of sp³-hybridized carbons (Fsp3) is 0.300. The first-order valence-electron chi connectivity index (χ1n) is 4.48. The lowest BCUT2D eigenvalue weighted by atomic mass is 9.96. The van der Waals surface area contributed by atoms with Crippen LogP contribution in [0.2, 0.25) is 0 Å². The van der Waals surface area contributed by atoms with E-state index >= 15 is 0 Å². The zero-order valence-corrected chi connectivity index (χ0v) is 9.78. The summed E-state index contributed by atoms with van der Waals surface area (Å²) in [6, 6.07) is 5.37. The van der Waals surface area contributed by atoms with Crippen molar-refractivity contribution >= 4 is 15.7 Å². The molecule has 0 saturated carbocycles. The quantitative estimate of drug-likeness (QED) is 0.767. The molecule has 0 aromatic heterocycles. The molecule has 1 aromatic carbocycles. The number of hydrogen-bond donors (Lipinski definition) is 2. The van der Waals surface area contributed by atoms with E-state index in [1.807, 2.05) is 0 Å². The fourth-order valence-corrected chi connectivity index (χ4v) is 1.80. The van der Waals surface area contributed by atoms with E-state index in [4.69, 9.17) is 5.73 Å². The Kier molecular flexibility index (Phi) is 3.07. The first-order valence-corrected chi connectivity index (χ1v) is 6.37. The number of carbonyl (C=O) groups is 1. The van der Waals surface area contributed by atoms with Gasteiger partial charge in [0.2, 0.25) is 0 Å². The topological polar surface area (TPSA) is 97.5 Å². The van der Waals surface area contributed by atoms with Crippen molar-refractivity contribution in [3.05, 3.63) is 29.8 Å². The number of aliphatic hydroxyl groups is 1. The van der Waals surface area contributed by atoms with Crippen LogP contribution in [0.15, 0.2) is 29.2 Å². The van der Waals surface area contributed by atoms with Crippen molar-refractivity contribution < 1.29 is 18.3 Å². The summed E-state index contributed by atoms with van der Waals surface area (Å²) in [5.74, 6) is -0.889. The van der Waals surface area contributed by atoms with E-state index < -0.39 is 21.3 Å². The monoisotopic (exact) mass is 243 g/mol. The maximum atomic E-state index is 11.2. The molecule has 1 aromatic rings. The molecule has 0 fully saturated rings. The summed E-state index contributed by atoms with van der Waals surface area (Å²) in [5.41, 5.74) is 3.48. The summed E-state index contributed by atoms with van der Waals surface area (Å²) in [5, 5.41) is 9.73. The van der Waals surface area contributed by atoms with Gasteiger partial charge in [0.05, 0.1) is 4.90 Å². The van der Waals surface area contributed by atoms with Crippen LogP contribution in [0, 0.1) is 0 Å². The smallest absolute Gasteiger partial charge is 0.253 e. The Bertz CT molecular complexity index is 502. The molecule has 0 aliphatic carbocycles. The molecule has 0 aliphatic rings. The van der Waals surface area contributed by atoms with Gasteiger partial charge in [-0.05, 0) is 24.6 Å². The lowest BCUT2D eigenvalue weighted by Crippen LogP contribution is -2.38. The van der Waals surface area contributed by atoms with Crippen molar-refractivity contribution in [3.8, 4) is 0 Å². The number of rotatable bonds is 3. The van der Waals surface area contributed by atoms with E-state index in [-0.39, 0.29) is 10.5 Å². The minimum atomic E-state index is -3.28. The van der Waals surface area contributed by atoms with Gasteiger partial charge in [-0.25, -0.2) is 8.42 Å². The zero-order chi connectivity index (χ0) is 12.6. The number of benzene rings is 1. The summed E-state index contributed by atoms with van der Waals surface area (Å²) in [6.45, 7) is 1.25. The third kappa shape index (κ3) is 2.40. The summed E-state index contributed by atoms with van der Waals surface area (Å²) in [4.78, 5) is 11.1. The molecule has 0 spiro atoms. The van der Waals surface area contributed by atoms with E-state index in [1.54, 1.807) is 0 Å². The normalized spacial score (nSPS) is 15.4. The number of primary amides is 1. The minimum absolute atomic E-state index is 0.122. The largest absolute Gasteiger partial charge is 0.376 e. The number of amides is 1. The molecule has 5 nitrogen and oxygen atoms in total. The first kappa shape index (κ1) is 12.7. The summed E-state index contributed by atoms with van der Waals surface area (Å²) in [7, 11) is -3.28. The molecule has 0 bridgehead atoms. The highest BCUT2D eigenvalue weighted by atomic mass is 32.2. The van der Waals surface area contributed by atoms with Crippen molar-refractivity contribution in [2.45, 2.75) is 17.4 Å². The van der Waals surface area contributed by atoms with Crippen LogP contribution in [0.1, 0.15) is 12.5 Å². The standard InChI is InChI=1S/C10H13NO4S/c1-10(13,9(11)12)7-3-5-8(6-4-7)16(2,14)15/h3-6,13H,1-2H3,(H2,11,12). The summed E-state index contributed by atoms with van der Waals surface area (Å²) in [6.07, 6.45) is 1.08. The molecule has 1 atom stereocenters. The highest BCUT2D eigenvalue weighted by Gasteiger charge is 2.29. The summed E-state index contributed by atoms with van der Waals surface area (Å²) >= 11 is 0. The Hall–Kier alpha value is -1.40. The Morgan fingerprint density at radius 3 is 2.06 bits per heavy atom. The second-order valence-electron chi connectivity index (χ2n) is 3.73. The van der Waals surface area contributed by atoms with Crippen LogP contribution in [0.4, 0.5) is 0 Å². The van der Waals surface area contributed by atoms with Gasteiger partial charge in [0.1, 0.15) is 0 Å². The number of carbonyl (C=O) groups excluding carboxylic acids is 1. The van der Waals surface area contributed by atoms with E-state index in [9.17, 15) is 18.3 Å². The maximum absolute atomic E-state index is 11.2. The average molecular weight is 243 g/mol. The molecular formula is C10H13NO4S. The van der Waals surface area contributed by atoms with E-state index in [1.165, 1.54) is 31.2 Å². The van der Waals surface area contributed by atoms with Gasteiger partial charge < -0.3 is 10.8 Å². The summed E-state index contributed by atoms with van der Waals surface area (Å²) < 4.78 is 22.3. The molecule has 6 heteroatoms. The van der Waals surface area contributed by atoms with Gasteiger partial charge in [0.15, 0.2) is 15.4 Å². The van der Waals surface area contributed by atoms with Gasteiger partial charge in [0, 0.05) is 6.26 Å². The average Bonchev–Trinajstić information content (AvgIpc) is 2.16. The van der Waals surface area contributed by atoms with Gasteiger partial charge in [0.25, 0.3) is 5.91 Å². The van der Waals surface area contributed by atoms with Gasteiger partial charge in [-0.2, -0.15) is 0 Å². The van der Waals surface area contributed by atoms with Crippen molar-refractivity contribution in [1.29, 1.82) is 0 Å². The van der Waals surface area contributed by atoms with E-state index in [0.29, 0.717) is 0 Å². The first-order chi connectivity index (χ1) is 7.15. The molecule has 16 heavy (non-hydrogen) atoms. The van der Waals surface area contributed by atoms with Crippen LogP contribution < -0.4 is 5.73 Å². The number of hydrogen-bond acceptors (Lipinski definition) is 4. The number of sulfone groups is 1. The van der Waals surface area contributed by atoms with Gasteiger partial charge in [-0.15, -0.1) is 0 Å². The van der Waals surface area contributed by atoms with Crippen LogP contribution >= 0.6 is 0 Å². The lowest BCUT2D eigenvalue weighted by molar-refractivity contribution is -0.135. The van der Waals surface area contributed by atoms with Crippen molar-refractivity contribution in [2.75, 3.05) is 6.26 Å². The molecule has 0 aliphatic heterocycles. The second-order valence-corrected chi connectivity index (χ2v) is 5.75. The Morgan fingerprint density at radius 2 is 1.75 bits per heavy atom. The van der Waals surface area contributed by atoms with E-state index in [2.05, 4.69) is 0 Å². The Morgan fingerprint density at radius 1 is 1.31 bits per heavy atom. The molecule has 0 saturated heterocycles. The molecule has 0 radical (unpaired) electrons. The van der Waals surface area contributed by atoms with Gasteiger partial charge >= 0.3 is 0 Å². The van der Waals surface area contributed by atoms with Gasteiger partial charge in [-0.3, -0.25) is 4.79 Å². The molecule has 88 valence electrons. The molecule has 1 amide bonds. The Labute approximate surface area is 93.8 Å². The lowest BCUT2D eigenvalue weighted by Gasteiger charge is -2.19. The SMILES string of the molecule is CC(O)(C(N)=O)c1ccc(S(C)(=O)=O)cc1. The van der Waals surface area contributed by atoms with Crippen molar-refractivity contribution in [3.63, 3.8) is 0 Å². The third-order valence-electron chi connectivity index (χ3n) is 2.32. The highest BCUT2D eigenvalue weighted by Crippen LogP contribution is 2.21. The molecule has 3 N–H and O–H groups in total. The molecule has 0 heterocycles. The van der Waals surface area contributed by atoms with Crippen molar-refractivity contribution in [1.82, 2.24) is 0 Å². The second kappa shape index (κ2) is 3.88. The third-order valence-corrected chi connectivity index (χ3v) is 3.45. The maximum Gasteiger partial charge on any atom is 0.253 e. The van der Waals surface area contributed by atoms with Crippen LogP contribution in [0.3, 0.4) is 0 Å². The zero-order valence-electron chi connectivity index (χ0n) is 8.97. The molecule has 1 rings (SSSR count). The van der Waals surface area contributed by atoms with Crippen LogP contribution in [-0.4, -0.2) is 25.7 Å². The van der Waals surface area contributed by atoms with Crippen LogP contribution in [-0.2, 0) is 20.2 Å². The predicted molar refractivity (Wildman–Crippen MR) is 58.3 cm³/mol.